The largest absolute Gasteiger partial charge is 0.508 e. The van der Waals surface area contributed by atoms with Crippen LogP contribution in [0.15, 0.2) is 30.5 Å². The summed E-state index contributed by atoms with van der Waals surface area (Å²) in [5.74, 6) is 1.88. The fraction of sp³-hybridized carbons (Fsp3) is 0.296. The van der Waals surface area contributed by atoms with Gasteiger partial charge >= 0.3 is 6.01 Å². The molecule has 2 aliphatic rings. The minimum atomic E-state index is -2.98. The first-order valence-electron chi connectivity index (χ1n) is 11.8. The average molecular weight is 506 g/mol. The highest BCUT2D eigenvalue weighted by Gasteiger charge is 2.35. The smallest absolute Gasteiger partial charge is 0.318 e. The van der Waals surface area contributed by atoms with Gasteiger partial charge in [-0.2, -0.15) is 9.97 Å². The summed E-state index contributed by atoms with van der Waals surface area (Å²) in [6.45, 7) is 1.31. The highest BCUT2D eigenvalue weighted by molar-refractivity contribution is 6.04. The number of anilines is 1. The Labute approximate surface area is 210 Å². The minimum absolute atomic E-state index is 0.0161. The average Bonchev–Trinajstić information content (AvgIpc) is 3.23. The van der Waals surface area contributed by atoms with Crippen LogP contribution in [0.4, 0.5) is 19.0 Å². The van der Waals surface area contributed by atoms with E-state index in [4.69, 9.17) is 11.2 Å². The Bertz CT molecular complexity index is 1590. The van der Waals surface area contributed by atoms with Gasteiger partial charge in [0, 0.05) is 42.3 Å². The summed E-state index contributed by atoms with van der Waals surface area (Å²) in [5, 5.41) is 14.6. The van der Waals surface area contributed by atoms with Crippen molar-refractivity contribution >= 4 is 27.6 Å². The van der Waals surface area contributed by atoms with Crippen molar-refractivity contribution in [2.24, 2.45) is 0 Å². The second-order valence-electron chi connectivity index (χ2n) is 9.32. The van der Waals surface area contributed by atoms with Crippen LogP contribution in [0.25, 0.3) is 32.9 Å². The van der Waals surface area contributed by atoms with Gasteiger partial charge in [-0.1, -0.05) is 12.0 Å². The van der Waals surface area contributed by atoms with Gasteiger partial charge in [-0.15, -0.1) is 6.42 Å². The predicted octanol–water partition coefficient (Wildman–Crippen LogP) is 4.56. The summed E-state index contributed by atoms with van der Waals surface area (Å²) >= 11 is 0. The number of piperazine rings is 1. The van der Waals surface area contributed by atoms with Crippen LogP contribution in [0.1, 0.15) is 30.4 Å². The lowest BCUT2D eigenvalue weighted by atomic mass is 9.92. The number of nitrogens with zero attached hydrogens (tertiary/aromatic N) is 4. The van der Waals surface area contributed by atoms with Crippen molar-refractivity contribution < 1.29 is 23.0 Å². The lowest BCUT2D eigenvalue weighted by molar-refractivity contribution is 0.153. The van der Waals surface area contributed by atoms with Crippen molar-refractivity contribution in [2.45, 2.75) is 31.4 Å². The molecule has 10 heteroatoms. The number of aromatic hydroxyl groups is 1. The molecule has 2 fully saturated rings. The summed E-state index contributed by atoms with van der Waals surface area (Å²) < 4.78 is 49.6. The molecule has 6 rings (SSSR count). The second kappa shape index (κ2) is 8.78. The molecule has 4 aromatic rings. The van der Waals surface area contributed by atoms with Crippen molar-refractivity contribution in [1.82, 2.24) is 20.3 Å². The molecule has 0 amide bonds. The predicted molar refractivity (Wildman–Crippen MR) is 134 cm³/mol. The van der Waals surface area contributed by atoms with E-state index in [9.17, 15) is 18.3 Å². The summed E-state index contributed by atoms with van der Waals surface area (Å²) in [5.41, 5.74) is -0.261. The minimum Gasteiger partial charge on any atom is -0.508 e. The number of ether oxygens (including phenoxy) is 1. The molecule has 0 spiro atoms. The highest BCUT2D eigenvalue weighted by atomic mass is 19.3. The third kappa shape index (κ3) is 3.78. The van der Waals surface area contributed by atoms with Crippen molar-refractivity contribution in [2.75, 3.05) is 25.1 Å². The Morgan fingerprint density at radius 2 is 1.89 bits per heavy atom. The van der Waals surface area contributed by atoms with Gasteiger partial charge in [-0.3, -0.25) is 4.98 Å². The molecule has 0 aliphatic carbocycles. The maximum Gasteiger partial charge on any atom is 0.318 e. The lowest BCUT2D eigenvalue weighted by Crippen LogP contribution is -2.51. The van der Waals surface area contributed by atoms with E-state index in [1.165, 1.54) is 37.6 Å². The Hall–Kier alpha value is -4.10. The fourth-order valence-electron chi connectivity index (χ4n) is 5.55. The van der Waals surface area contributed by atoms with Crippen LogP contribution in [0.5, 0.6) is 11.8 Å². The molecule has 188 valence electrons. The molecule has 2 saturated heterocycles. The van der Waals surface area contributed by atoms with Crippen LogP contribution in [0, 0.1) is 18.2 Å². The van der Waals surface area contributed by atoms with Gasteiger partial charge in [0.25, 0.3) is 6.43 Å². The molecule has 7 nitrogen and oxygen atoms in total. The zero-order valence-electron chi connectivity index (χ0n) is 19.8. The Kier molecular flexibility index (Phi) is 5.53. The van der Waals surface area contributed by atoms with Crippen LogP contribution in [0.3, 0.4) is 0 Å². The molecule has 0 radical (unpaired) electrons. The topological polar surface area (TPSA) is 83.4 Å². The Morgan fingerprint density at radius 3 is 2.57 bits per heavy atom. The first-order chi connectivity index (χ1) is 17.9. The van der Waals surface area contributed by atoms with Crippen LogP contribution >= 0.6 is 0 Å². The lowest BCUT2D eigenvalue weighted by Gasteiger charge is -2.34. The number of aromatic nitrogens is 3. The molecule has 2 aliphatic heterocycles. The van der Waals surface area contributed by atoms with Crippen LogP contribution in [0.2, 0.25) is 0 Å². The number of rotatable bonds is 4. The Morgan fingerprint density at radius 1 is 1.14 bits per heavy atom. The van der Waals surface area contributed by atoms with E-state index in [1.807, 2.05) is 4.90 Å². The number of benzene rings is 2. The number of fused-ring (bicyclic) bond motifs is 4. The molecule has 2 aromatic heterocycles. The molecule has 0 saturated carbocycles. The van der Waals surface area contributed by atoms with Gasteiger partial charge in [0.15, 0.2) is 5.82 Å². The van der Waals surface area contributed by atoms with Crippen LogP contribution in [-0.4, -0.2) is 52.3 Å². The quantitative estimate of drug-likeness (QED) is 0.394. The van der Waals surface area contributed by atoms with Gasteiger partial charge in [-0.25, -0.2) is 13.2 Å². The van der Waals surface area contributed by atoms with Crippen molar-refractivity contribution in [1.29, 1.82) is 0 Å². The molecule has 4 heterocycles. The zero-order chi connectivity index (χ0) is 25.8. The van der Waals surface area contributed by atoms with Crippen molar-refractivity contribution in [3.05, 3.63) is 47.4 Å². The van der Waals surface area contributed by atoms with E-state index in [1.54, 1.807) is 0 Å². The van der Waals surface area contributed by atoms with Crippen LogP contribution < -0.4 is 15.0 Å². The van der Waals surface area contributed by atoms with E-state index in [-0.39, 0.29) is 57.0 Å². The molecule has 2 atom stereocenters. The van der Waals surface area contributed by atoms with E-state index >= 15 is 0 Å². The van der Waals surface area contributed by atoms with Gasteiger partial charge in [0.2, 0.25) is 0 Å². The monoisotopic (exact) mass is 505 g/mol. The standard InChI is InChI=1S/C27H22F3N5O2/c1-3-17-20(28)7-4-13-8-16(36)9-18(21(13)17)19-10-31-24-23(22(19)25(29)30)33-27(37-2)34-26(24)35-11-14-5-6-15(12-35)32-14/h1,4,7-10,14-15,25,32,36H,5-6,11-12H2,2H3/t14-,15?/m0/s1. The summed E-state index contributed by atoms with van der Waals surface area (Å²) in [4.78, 5) is 15.3. The number of hydrogen-bond donors (Lipinski definition) is 2. The van der Waals surface area contributed by atoms with Crippen molar-refractivity contribution in [3.8, 4) is 35.2 Å². The highest BCUT2D eigenvalue weighted by Crippen LogP contribution is 2.43. The second-order valence-corrected chi connectivity index (χ2v) is 9.32. The van der Waals surface area contributed by atoms with E-state index in [0.29, 0.717) is 24.3 Å². The summed E-state index contributed by atoms with van der Waals surface area (Å²) in [6, 6.07) is 5.79. The van der Waals surface area contributed by atoms with E-state index in [0.717, 1.165) is 12.8 Å². The van der Waals surface area contributed by atoms with Gasteiger partial charge < -0.3 is 20.1 Å². The summed E-state index contributed by atoms with van der Waals surface area (Å²) in [7, 11) is 1.37. The summed E-state index contributed by atoms with van der Waals surface area (Å²) in [6.07, 6.45) is 5.96. The number of methoxy groups -OCH3 is 1. The number of pyridine rings is 1. The van der Waals surface area contributed by atoms with Gasteiger partial charge in [-0.05, 0) is 42.0 Å². The maximum atomic E-state index is 14.8. The third-order valence-corrected chi connectivity index (χ3v) is 7.12. The van der Waals surface area contributed by atoms with E-state index in [2.05, 4.69) is 26.2 Å². The molecule has 1 unspecified atom stereocenters. The first-order valence-corrected chi connectivity index (χ1v) is 11.8. The molecule has 2 N–H and O–H groups in total. The fourth-order valence-corrected chi connectivity index (χ4v) is 5.55. The molecular formula is C27H22F3N5O2. The molecule has 2 bridgehead atoms. The Balaban J connectivity index is 1.65. The molecular weight excluding hydrogens is 483 g/mol. The number of alkyl halides is 2. The van der Waals surface area contributed by atoms with Gasteiger partial charge in [0.1, 0.15) is 22.6 Å². The first kappa shape index (κ1) is 23.3. The molecule has 2 aromatic carbocycles. The number of hydrogen-bond acceptors (Lipinski definition) is 7. The zero-order valence-corrected chi connectivity index (χ0v) is 19.8. The van der Waals surface area contributed by atoms with Crippen LogP contribution in [-0.2, 0) is 0 Å². The number of phenolic OH excluding ortho intramolecular Hbond substituents is 1. The van der Waals surface area contributed by atoms with Crippen molar-refractivity contribution in [3.63, 3.8) is 0 Å². The van der Waals surface area contributed by atoms with E-state index < -0.39 is 17.8 Å². The SMILES string of the molecule is C#Cc1c(F)ccc2cc(O)cc(-c3cnc4c(N5CC6CC[C@@H](C5)N6)nc(OC)nc4c3C(F)F)c12. The number of phenols is 1. The maximum absolute atomic E-state index is 14.8. The molecule has 37 heavy (non-hydrogen) atoms. The number of terminal acetylenes is 1. The third-order valence-electron chi connectivity index (χ3n) is 7.12. The normalized spacial score (nSPS) is 19.1. The number of halogens is 3. The van der Waals surface area contributed by atoms with Gasteiger partial charge in [0.05, 0.1) is 18.2 Å². The number of nitrogens with one attached hydrogen (secondary N) is 1.